The first-order chi connectivity index (χ1) is 11.1. The molecule has 1 aromatic carbocycles. The van der Waals surface area contributed by atoms with E-state index in [4.69, 9.17) is 21.1 Å². The number of Topliss-reactive ketones (excluding diaryl/α,β-unsaturated/α-hetero) is 2. The summed E-state index contributed by atoms with van der Waals surface area (Å²) in [5, 5.41) is 0.387. The number of carbonyl (C=O) groups excluding carboxylic acids is 4. The summed E-state index contributed by atoms with van der Waals surface area (Å²) in [6.07, 6.45) is 0. The Balaban J connectivity index is 3.14. The van der Waals surface area contributed by atoms with Gasteiger partial charge in [0.05, 0.1) is 6.61 Å². The van der Waals surface area contributed by atoms with Gasteiger partial charge in [-0.1, -0.05) is 11.6 Å². The summed E-state index contributed by atoms with van der Waals surface area (Å²) in [6, 6.07) is 5.60. The van der Waals surface area contributed by atoms with Crippen molar-refractivity contribution in [2.45, 2.75) is 33.3 Å². The summed E-state index contributed by atoms with van der Waals surface area (Å²) < 4.78 is 9.70. The van der Waals surface area contributed by atoms with Gasteiger partial charge in [0.25, 0.3) is 5.78 Å². The normalized spacial score (nSPS) is 12.2. The van der Waals surface area contributed by atoms with Crippen LogP contribution in [-0.2, 0) is 23.9 Å². The molecule has 1 rings (SSSR count). The molecule has 0 heterocycles. The van der Waals surface area contributed by atoms with Gasteiger partial charge in [-0.25, -0.2) is 4.79 Å². The average molecular weight is 355 g/mol. The lowest BCUT2D eigenvalue weighted by Crippen LogP contribution is -2.40. The molecule has 0 aliphatic heterocycles. The molecule has 0 amide bonds. The zero-order chi connectivity index (χ0) is 18.5. The van der Waals surface area contributed by atoms with Crippen LogP contribution in [0.15, 0.2) is 24.3 Å². The summed E-state index contributed by atoms with van der Waals surface area (Å²) in [6.45, 7) is 6.19. The van der Waals surface area contributed by atoms with E-state index >= 15 is 0 Å². The van der Waals surface area contributed by atoms with Gasteiger partial charge in [-0.15, -0.1) is 0 Å². The summed E-state index contributed by atoms with van der Waals surface area (Å²) in [5.74, 6) is -6.36. The van der Waals surface area contributed by atoms with Crippen LogP contribution in [-0.4, -0.2) is 35.7 Å². The third-order valence-corrected chi connectivity index (χ3v) is 3.03. The van der Waals surface area contributed by atoms with E-state index in [0.717, 1.165) is 0 Å². The Morgan fingerprint density at radius 2 is 1.62 bits per heavy atom. The van der Waals surface area contributed by atoms with E-state index in [0.29, 0.717) is 5.02 Å². The number of ether oxygens (including phenoxy) is 2. The molecule has 0 aliphatic rings. The van der Waals surface area contributed by atoms with E-state index in [1.165, 1.54) is 31.2 Å². The predicted octanol–water partition coefficient (Wildman–Crippen LogP) is 2.61. The highest BCUT2D eigenvalue weighted by Crippen LogP contribution is 2.17. The fourth-order valence-corrected chi connectivity index (χ4v) is 1.91. The van der Waals surface area contributed by atoms with Crippen LogP contribution in [0.4, 0.5) is 0 Å². The molecule has 0 N–H and O–H groups in total. The number of benzene rings is 1. The minimum atomic E-state index is -1.90. The molecule has 1 atom stereocenters. The lowest BCUT2D eigenvalue weighted by atomic mass is 9.93. The standard InChI is InChI=1S/C17H19ClO6/c1-5-23-15(21)12(14(20)16(22)24-17(2,3)4)13(19)10-6-8-11(18)9-7-10/h6-9,12H,5H2,1-4H3. The molecule has 7 heteroatoms. The van der Waals surface area contributed by atoms with Crippen LogP contribution in [0.2, 0.25) is 5.02 Å². The number of hydrogen-bond donors (Lipinski definition) is 0. The first kappa shape index (κ1) is 19.8. The summed E-state index contributed by atoms with van der Waals surface area (Å²) >= 11 is 5.75. The second-order valence-corrected chi connectivity index (χ2v) is 6.36. The van der Waals surface area contributed by atoms with Crippen molar-refractivity contribution in [1.82, 2.24) is 0 Å². The third-order valence-electron chi connectivity index (χ3n) is 2.78. The van der Waals surface area contributed by atoms with Crippen molar-refractivity contribution in [2.24, 2.45) is 5.92 Å². The first-order valence-electron chi connectivity index (χ1n) is 7.30. The van der Waals surface area contributed by atoms with E-state index < -0.39 is 35.0 Å². The molecule has 0 aromatic heterocycles. The largest absolute Gasteiger partial charge is 0.465 e. The fourth-order valence-electron chi connectivity index (χ4n) is 1.79. The quantitative estimate of drug-likeness (QED) is 0.338. The molecule has 1 aromatic rings. The minimum absolute atomic E-state index is 0.0369. The van der Waals surface area contributed by atoms with Crippen LogP contribution in [0.5, 0.6) is 0 Å². The van der Waals surface area contributed by atoms with Crippen LogP contribution >= 0.6 is 11.6 Å². The highest BCUT2D eigenvalue weighted by Gasteiger charge is 2.41. The molecule has 0 saturated heterocycles. The number of hydrogen-bond acceptors (Lipinski definition) is 6. The Morgan fingerprint density at radius 3 is 2.08 bits per heavy atom. The van der Waals surface area contributed by atoms with Gasteiger partial charge >= 0.3 is 11.9 Å². The smallest absolute Gasteiger partial charge is 0.376 e. The molecule has 0 fully saturated rings. The highest BCUT2D eigenvalue weighted by molar-refractivity contribution is 6.44. The van der Waals surface area contributed by atoms with Crippen molar-refractivity contribution in [3.8, 4) is 0 Å². The van der Waals surface area contributed by atoms with Crippen molar-refractivity contribution in [3.05, 3.63) is 34.9 Å². The van der Waals surface area contributed by atoms with Gasteiger partial charge in [0, 0.05) is 10.6 Å². The molecule has 0 radical (unpaired) electrons. The van der Waals surface area contributed by atoms with Crippen LogP contribution in [0, 0.1) is 5.92 Å². The first-order valence-corrected chi connectivity index (χ1v) is 7.68. The zero-order valence-corrected chi connectivity index (χ0v) is 14.7. The number of carbonyl (C=O) groups is 4. The van der Waals surface area contributed by atoms with Crippen LogP contribution in [0.3, 0.4) is 0 Å². The van der Waals surface area contributed by atoms with E-state index in [1.54, 1.807) is 20.8 Å². The van der Waals surface area contributed by atoms with Gasteiger partial charge in [0.2, 0.25) is 0 Å². The van der Waals surface area contributed by atoms with Crippen LogP contribution in [0.25, 0.3) is 0 Å². The Kier molecular flexibility index (Phi) is 6.66. The Morgan fingerprint density at radius 1 is 1.08 bits per heavy atom. The molecule has 0 saturated carbocycles. The second-order valence-electron chi connectivity index (χ2n) is 5.92. The predicted molar refractivity (Wildman–Crippen MR) is 86.8 cm³/mol. The Labute approximate surface area is 145 Å². The molecule has 6 nitrogen and oxygen atoms in total. The van der Waals surface area contributed by atoms with E-state index in [1.807, 2.05) is 0 Å². The lowest BCUT2D eigenvalue weighted by molar-refractivity contribution is -0.167. The Bertz CT molecular complexity index is 642. The third kappa shape index (κ3) is 5.45. The zero-order valence-electron chi connectivity index (χ0n) is 13.9. The fraction of sp³-hybridized carbons (Fsp3) is 0.412. The molecule has 24 heavy (non-hydrogen) atoms. The van der Waals surface area contributed by atoms with E-state index in [-0.39, 0.29) is 12.2 Å². The molecular formula is C17H19ClO6. The average Bonchev–Trinajstić information content (AvgIpc) is 2.46. The van der Waals surface area contributed by atoms with E-state index in [9.17, 15) is 19.2 Å². The van der Waals surface area contributed by atoms with Crippen molar-refractivity contribution in [3.63, 3.8) is 0 Å². The maximum absolute atomic E-state index is 12.5. The van der Waals surface area contributed by atoms with Gasteiger partial charge in [-0.3, -0.25) is 14.4 Å². The van der Waals surface area contributed by atoms with Gasteiger partial charge in [-0.2, -0.15) is 0 Å². The van der Waals surface area contributed by atoms with Gasteiger partial charge in [-0.05, 0) is 52.0 Å². The van der Waals surface area contributed by atoms with Crippen molar-refractivity contribution < 1.29 is 28.7 Å². The van der Waals surface area contributed by atoms with Crippen molar-refractivity contribution in [2.75, 3.05) is 6.61 Å². The summed E-state index contributed by atoms with van der Waals surface area (Å²) in [7, 11) is 0. The maximum atomic E-state index is 12.5. The minimum Gasteiger partial charge on any atom is -0.465 e. The van der Waals surface area contributed by atoms with Gasteiger partial charge < -0.3 is 9.47 Å². The van der Waals surface area contributed by atoms with Crippen molar-refractivity contribution in [1.29, 1.82) is 0 Å². The molecule has 130 valence electrons. The maximum Gasteiger partial charge on any atom is 0.376 e. The van der Waals surface area contributed by atoms with Gasteiger partial charge in [0.15, 0.2) is 11.7 Å². The molecule has 0 spiro atoms. The topological polar surface area (TPSA) is 86.7 Å². The lowest BCUT2D eigenvalue weighted by Gasteiger charge is -2.20. The highest BCUT2D eigenvalue weighted by atomic mass is 35.5. The Hall–Kier alpha value is -2.21. The number of esters is 2. The SMILES string of the molecule is CCOC(=O)C(C(=O)C(=O)OC(C)(C)C)C(=O)c1ccc(Cl)cc1. The monoisotopic (exact) mass is 354 g/mol. The summed E-state index contributed by atoms with van der Waals surface area (Å²) in [4.78, 5) is 48.8. The van der Waals surface area contributed by atoms with Crippen LogP contribution < -0.4 is 0 Å². The van der Waals surface area contributed by atoms with Crippen LogP contribution in [0.1, 0.15) is 38.1 Å². The van der Waals surface area contributed by atoms with Crippen molar-refractivity contribution >= 4 is 35.1 Å². The molecule has 0 aliphatic carbocycles. The van der Waals surface area contributed by atoms with E-state index in [2.05, 4.69) is 0 Å². The number of ketones is 2. The molecule has 0 bridgehead atoms. The molecule has 1 unspecified atom stereocenters. The summed E-state index contributed by atoms with van der Waals surface area (Å²) in [5.41, 5.74) is -0.871. The second kappa shape index (κ2) is 8.06. The molecular weight excluding hydrogens is 336 g/mol. The number of rotatable bonds is 6. The van der Waals surface area contributed by atoms with Gasteiger partial charge in [0.1, 0.15) is 5.60 Å². The number of halogens is 1.